The number of aryl methyl sites for hydroxylation is 2. The number of benzene rings is 1. The molecule has 0 atom stereocenters. The van der Waals surface area contributed by atoms with Crippen molar-refractivity contribution < 1.29 is 14.3 Å². The van der Waals surface area contributed by atoms with Gasteiger partial charge in [-0.2, -0.15) is 0 Å². The van der Waals surface area contributed by atoms with Crippen LogP contribution in [-0.4, -0.2) is 10.9 Å². The highest BCUT2D eigenvalue weighted by Crippen LogP contribution is 2.18. The van der Waals surface area contributed by atoms with Gasteiger partial charge in [0.2, 0.25) is 0 Å². The second-order valence-electron chi connectivity index (χ2n) is 4.81. The van der Waals surface area contributed by atoms with Gasteiger partial charge in [0.25, 0.3) is 0 Å². The quantitative estimate of drug-likeness (QED) is 0.836. The number of ketones is 1. The Bertz CT molecular complexity index is 701. The van der Waals surface area contributed by atoms with Gasteiger partial charge in [-0.3, -0.25) is 4.79 Å². The number of halogens is 1. The third-order valence-corrected chi connectivity index (χ3v) is 3.64. The van der Waals surface area contributed by atoms with E-state index in [0.29, 0.717) is 6.42 Å². The zero-order valence-electron chi connectivity index (χ0n) is 11.6. The lowest BCUT2D eigenvalue weighted by molar-refractivity contribution is 0.0973. The molecule has 0 aliphatic carbocycles. The number of carbonyl (C=O) groups is 1. The molecule has 4 nitrogen and oxygen atoms in total. The maximum absolute atomic E-state index is 12.0. The first-order chi connectivity index (χ1) is 9.97. The summed E-state index contributed by atoms with van der Waals surface area (Å²) in [6, 6.07) is 9.12. The summed E-state index contributed by atoms with van der Waals surface area (Å²) >= 11 is 3.36. The van der Waals surface area contributed by atoms with Crippen LogP contribution in [0, 0.1) is 6.92 Å². The number of Topliss-reactive ketones (excluding diaryl/α,β-unsaturated/α-hetero) is 1. The van der Waals surface area contributed by atoms with Crippen molar-refractivity contribution in [3.05, 3.63) is 62.1 Å². The van der Waals surface area contributed by atoms with Gasteiger partial charge in [-0.05, 0) is 37.5 Å². The van der Waals surface area contributed by atoms with Crippen molar-refractivity contribution in [1.29, 1.82) is 0 Å². The topological polar surface area (TPSA) is 67.5 Å². The first-order valence-corrected chi connectivity index (χ1v) is 7.38. The summed E-state index contributed by atoms with van der Waals surface area (Å²) in [5.41, 5.74) is 0.0868. The van der Waals surface area contributed by atoms with E-state index in [1.165, 1.54) is 6.07 Å². The molecular weight excluding hydrogens is 336 g/mol. The van der Waals surface area contributed by atoms with Crippen molar-refractivity contribution in [3.63, 3.8) is 0 Å². The summed E-state index contributed by atoms with van der Waals surface area (Å²) in [6.07, 6.45) is 1.53. The van der Waals surface area contributed by atoms with Gasteiger partial charge >= 0.3 is 5.63 Å². The van der Waals surface area contributed by atoms with Crippen LogP contribution in [0.3, 0.4) is 0 Å². The number of rotatable bonds is 5. The minimum atomic E-state index is -0.777. The van der Waals surface area contributed by atoms with Crippen LogP contribution in [0.25, 0.3) is 0 Å². The molecule has 0 radical (unpaired) electrons. The maximum Gasteiger partial charge on any atom is 0.350 e. The summed E-state index contributed by atoms with van der Waals surface area (Å²) in [6.45, 7) is 1.54. The Hall–Kier alpha value is -1.88. The maximum atomic E-state index is 12.0. The third kappa shape index (κ3) is 4.04. The van der Waals surface area contributed by atoms with Gasteiger partial charge in [-0.1, -0.05) is 28.1 Å². The van der Waals surface area contributed by atoms with Crippen molar-refractivity contribution in [2.24, 2.45) is 0 Å². The van der Waals surface area contributed by atoms with E-state index in [9.17, 15) is 14.7 Å². The van der Waals surface area contributed by atoms with E-state index in [1.807, 2.05) is 24.3 Å². The molecule has 2 rings (SSSR count). The average Bonchev–Trinajstić information content (AvgIpc) is 2.40. The molecule has 5 heteroatoms. The number of carbonyl (C=O) groups excluding carboxylic acids is 1. The van der Waals surface area contributed by atoms with E-state index >= 15 is 0 Å². The van der Waals surface area contributed by atoms with Gasteiger partial charge < -0.3 is 9.52 Å². The fourth-order valence-electron chi connectivity index (χ4n) is 2.08. The fourth-order valence-corrected chi connectivity index (χ4v) is 2.35. The predicted molar refractivity (Wildman–Crippen MR) is 82.8 cm³/mol. The molecule has 1 N–H and O–H groups in total. The molecule has 0 unspecified atom stereocenters. The first-order valence-electron chi connectivity index (χ1n) is 6.58. The van der Waals surface area contributed by atoms with Gasteiger partial charge in [0.05, 0.1) is 0 Å². The van der Waals surface area contributed by atoms with Crippen LogP contribution in [0.1, 0.15) is 34.5 Å². The van der Waals surface area contributed by atoms with Crippen LogP contribution >= 0.6 is 15.9 Å². The van der Waals surface area contributed by atoms with Gasteiger partial charge in [-0.15, -0.1) is 0 Å². The highest BCUT2D eigenvalue weighted by atomic mass is 79.9. The van der Waals surface area contributed by atoms with E-state index in [4.69, 9.17) is 4.42 Å². The van der Waals surface area contributed by atoms with Crippen LogP contribution in [0.15, 0.2) is 44.0 Å². The Morgan fingerprint density at radius 1 is 1.29 bits per heavy atom. The summed E-state index contributed by atoms with van der Waals surface area (Å²) in [7, 11) is 0. The Morgan fingerprint density at radius 2 is 1.95 bits per heavy atom. The molecule has 1 heterocycles. The van der Waals surface area contributed by atoms with E-state index in [2.05, 4.69) is 15.9 Å². The van der Waals surface area contributed by atoms with E-state index in [-0.39, 0.29) is 23.5 Å². The number of hydrogen-bond donors (Lipinski definition) is 1. The molecular formula is C16H15BrO4. The predicted octanol–water partition coefficient (Wildman–Crippen LogP) is 3.62. The molecule has 0 bridgehead atoms. The lowest BCUT2D eigenvalue weighted by Crippen LogP contribution is -2.14. The minimum Gasteiger partial charge on any atom is -0.507 e. The molecule has 110 valence electrons. The van der Waals surface area contributed by atoms with Gasteiger partial charge in [0, 0.05) is 17.0 Å². The molecule has 1 aromatic carbocycles. The van der Waals surface area contributed by atoms with Gasteiger partial charge in [-0.25, -0.2) is 4.79 Å². The fraction of sp³-hybridized carbons (Fsp3) is 0.250. The first kappa shape index (κ1) is 15.5. The van der Waals surface area contributed by atoms with Crippen LogP contribution < -0.4 is 5.63 Å². The van der Waals surface area contributed by atoms with E-state index in [0.717, 1.165) is 16.5 Å². The lowest BCUT2D eigenvalue weighted by Gasteiger charge is -2.04. The zero-order chi connectivity index (χ0) is 15.4. The third-order valence-electron chi connectivity index (χ3n) is 3.12. The molecule has 0 amide bonds. The molecule has 21 heavy (non-hydrogen) atoms. The number of aromatic hydroxyl groups is 1. The summed E-state index contributed by atoms with van der Waals surface area (Å²) in [4.78, 5) is 23.6. The molecule has 1 aromatic heterocycles. The van der Waals surface area contributed by atoms with Gasteiger partial charge in [0.1, 0.15) is 17.1 Å². The molecule has 0 aliphatic rings. The van der Waals surface area contributed by atoms with Crippen molar-refractivity contribution in [2.75, 3.05) is 0 Å². The normalized spacial score (nSPS) is 10.6. The van der Waals surface area contributed by atoms with Gasteiger partial charge in [0.15, 0.2) is 5.78 Å². The Balaban J connectivity index is 1.99. The molecule has 0 fully saturated rings. The summed E-state index contributed by atoms with van der Waals surface area (Å²) in [5, 5.41) is 9.70. The molecule has 0 spiro atoms. The van der Waals surface area contributed by atoms with Crippen molar-refractivity contribution in [2.45, 2.75) is 26.2 Å². The largest absolute Gasteiger partial charge is 0.507 e. The lowest BCUT2D eigenvalue weighted by atomic mass is 10.0. The highest BCUT2D eigenvalue weighted by Gasteiger charge is 2.17. The summed E-state index contributed by atoms with van der Waals surface area (Å²) in [5.74, 6) is -0.417. The standard InChI is InChI=1S/C16H15BrO4/c1-10-9-14(19)15(16(20)21-10)13(18)4-2-3-11-5-7-12(17)8-6-11/h5-9,19H,2-4H2,1H3. The Morgan fingerprint density at radius 3 is 2.57 bits per heavy atom. The monoisotopic (exact) mass is 350 g/mol. The molecule has 2 aromatic rings. The molecule has 0 saturated heterocycles. The molecule has 0 saturated carbocycles. The Labute approximate surface area is 130 Å². The van der Waals surface area contributed by atoms with E-state index in [1.54, 1.807) is 6.92 Å². The smallest absolute Gasteiger partial charge is 0.350 e. The number of hydrogen-bond acceptors (Lipinski definition) is 4. The van der Waals surface area contributed by atoms with Crippen LogP contribution in [0.5, 0.6) is 5.75 Å². The Kier molecular flexibility index (Phi) is 4.96. The second kappa shape index (κ2) is 6.72. The molecule has 0 aliphatic heterocycles. The average molecular weight is 351 g/mol. The second-order valence-corrected chi connectivity index (χ2v) is 5.72. The van der Waals surface area contributed by atoms with Crippen LogP contribution in [0.4, 0.5) is 0 Å². The zero-order valence-corrected chi connectivity index (χ0v) is 13.1. The van der Waals surface area contributed by atoms with Crippen molar-refractivity contribution >= 4 is 21.7 Å². The van der Waals surface area contributed by atoms with E-state index < -0.39 is 11.4 Å². The van der Waals surface area contributed by atoms with Crippen molar-refractivity contribution in [3.8, 4) is 5.75 Å². The SMILES string of the molecule is Cc1cc(O)c(C(=O)CCCc2ccc(Br)cc2)c(=O)o1. The highest BCUT2D eigenvalue weighted by molar-refractivity contribution is 9.10. The summed E-state index contributed by atoms with van der Waals surface area (Å²) < 4.78 is 5.85. The van der Waals surface area contributed by atoms with Crippen LogP contribution in [-0.2, 0) is 6.42 Å². The van der Waals surface area contributed by atoms with Crippen LogP contribution in [0.2, 0.25) is 0 Å². The minimum absolute atomic E-state index is 0.192. The van der Waals surface area contributed by atoms with Crippen molar-refractivity contribution in [1.82, 2.24) is 0 Å².